The zero-order valence-corrected chi connectivity index (χ0v) is 13.3. The number of sulfonamides is 1. The number of rotatable bonds is 5. The van der Waals surface area contributed by atoms with Crippen molar-refractivity contribution in [2.24, 2.45) is 0 Å². The van der Waals surface area contributed by atoms with E-state index in [-0.39, 0.29) is 9.09 Å². The van der Waals surface area contributed by atoms with Gasteiger partial charge in [0.25, 0.3) is 10.0 Å². The first-order valence-electron chi connectivity index (χ1n) is 5.90. The Morgan fingerprint density at radius 3 is 2.62 bits per heavy atom. The molecule has 112 valence electrons. The van der Waals surface area contributed by atoms with Gasteiger partial charge < -0.3 is 5.11 Å². The number of carbonyl (C=O) groups is 1. The number of nitrogens with one attached hydrogen (secondary N) is 1. The summed E-state index contributed by atoms with van der Waals surface area (Å²) in [6, 6.07) is 8.93. The summed E-state index contributed by atoms with van der Waals surface area (Å²) in [5, 5.41) is 9.35. The minimum Gasteiger partial charge on any atom is -0.477 e. The molecule has 0 unspecified atom stereocenters. The van der Waals surface area contributed by atoms with E-state index < -0.39 is 22.0 Å². The summed E-state index contributed by atoms with van der Waals surface area (Å²) in [6.07, 6.45) is 0. The average molecular weight is 346 g/mol. The van der Waals surface area contributed by atoms with Crippen molar-refractivity contribution in [2.45, 2.75) is 17.2 Å². The minimum absolute atomic E-state index is 0.0224. The molecular formula is C13H12ClNO4S2. The predicted octanol–water partition coefficient (Wildman–Crippen LogP) is 3.14. The first-order valence-corrected chi connectivity index (χ1v) is 8.58. The van der Waals surface area contributed by atoms with Crippen molar-refractivity contribution >= 4 is 38.9 Å². The molecule has 0 fully saturated rings. The third kappa shape index (κ3) is 3.82. The van der Waals surface area contributed by atoms with E-state index in [2.05, 4.69) is 4.72 Å². The Morgan fingerprint density at radius 1 is 1.33 bits per heavy atom. The molecule has 1 atom stereocenters. The van der Waals surface area contributed by atoms with E-state index in [4.69, 9.17) is 16.7 Å². The summed E-state index contributed by atoms with van der Waals surface area (Å²) in [7, 11) is -3.77. The molecule has 2 rings (SSSR count). The van der Waals surface area contributed by atoms with Gasteiger partial charge in [0.2, 0.25) is 0 Å². The summed E-state index contributed by atoms with van der Waals surface area (Å²) in [5.74, 6) is -1.15. The molecule has 0 bridgehead atoms. The fourth-order valence-corrected chi connectivity index (χ4v) is 4.31. The molecule has 0 aliphatic heterocycles. The predicted molar refractivity (Wildman–Crippen MR) is 81.5 cm³/mol. The monoisotopic (exact) mass is 345 g/mol. The van der Waals surface area contributed by atoms with E-state index in [0.717, 1.165) is 5.56 Å². The first-order chi connectivity index (χ1) is 9.79. The van der Waals surface area contributed by atoms with Crippen LogP contribution in [0.5, 0.6) is 0 Å². The van der Waals surface area contributed by atoms with Crippen molar-refractivity contribution < 1.29 is 18.3 Å². The maximum absolute atomic E-state index is 12.2. The molecule has 21 heavy (non-hydrogen) atoms. The van der Waals surface area contributed by atoms with Gasteiger partial charge in [0.1, 0.15) is 9.09 Å². The molecule has 2 aromatic rings. The van der Waals surface area contributed by atoms with E-state index in [0.29, 0.717) is 16.4 Å². The third-order valence-corrected chi connectivity index (χ3v) is 6.08. The molecule has 0 saturated carbocycles. The maximum Gasteiger partial charge on any atom is 0.345 e. The second-order valence-electron chi connectivity index (χ2n) is 4.32. The van der Waals surface area contributed by atoms with Crippen molar-refractivity contribution in [1.29, 1.82) is 0 Å². The van der Waals surface area contributed by atoms with Crippen LogP contribution in [0.4, 0.5) is 0 Å². The van der Waals surface area contributed by atoms with Crippen LogP contribution in [0, 0.1) is 0 Å². The van der Waals surface area contributed by atoms with Gasteiger partial charge in [0, 0.05) is 11.1 Å². The Bertz CT molecular complexity index is 770. The van der Waals surface area contributed by atoms with Crippen molar-refractivity contribution in [3.05, 3.63) is 51.9 Å². The van der Waals surface area contributed by atoms with E-state index in [1.807, 2.05) is 0 Å². The molecule has 0 radical (unpaired) electrons. The smallest absolute Gasteiger partial charge is 0.345 e. The highest BCUT2D eigenvalue weighted by atomic mass is 35.5. The number of benzene rings is 1. The zero-order valence-electron chi connectivity index (χ0n) is 10.9. The van der Waals surface area contributed by atoms with Crippen LogP contribution >= 0.6 is 22.9 Å². The van der Waals surface area contributed by atoms with Gasteiger partial charge in [-0.3, -0.25) is 0 Å². The van der Waals surface area contributed by atoms with E-state index in [1.165, 1.54) is 12.1 Å². The van der Waals surface area contributed by atoms with Gasteiger partial charge >= 0.3 is 5.97 Å². The number of hydrogen-bond acceptors (Lipinski definition) is 4. The summed E-state index contributed by atoms with van der Waals surface area (Å²) < 4.78 is 26.9. The molecule has 1 heterocycles. The quantitative estimate of drug-likeness (QED) is 0.872. The van der Waals surface area contributed by atoms with Gasteiger partial charge in [-0.1, -0.05) is 23.7 Å². The second kappa shape index (κ2) is 6.15. The van der Waals surface area contributed by atoms with Crippen LogP contribution < -0.4 is 4.72 Å². The van der Waals surface area contributed by atoms with Crippen LogP contribution in [-0.4, -0.2) is 19.5 Å². The Morgan fingerprint density at radius 2 is 2.05 bits per heavy atom. The lowest BCUT2D eigenvalue weighted by molar-refractivity contribution is 0.0702. The summed E-state index contributed by atoms with van der Waals surface area (Å²) in [4.78, 5) is 10.8. The number of thiophene rings is 1. The number of aromatic carboxylic acids is 1. The van der Waals surface area contributed by atoms with Crippen molar-refractivity contribution in [1.82, 2.24) is 4.72 Å². The molecular weight excluding hydrogens is 334 g/mol. The maximum atomic E-state index is 12.2. The van der Waals surface area contributed by atoms with E-state index >= 15 is 0 Å². The molecule has 0 aliphatic carbocycles. The standard InChI is InChI=1S/C13H12ClNO4S2/c1-8(9-3-2-4-10(14)7-9)15-21(18,19)12-6-5-11(20-12)13(16)17/h2-8,15H,1H3,(H,16,17)/t8-/m1/s1. The lowest BCUT2D eigenvalue weighted by Crippen LogP contribution is -2.26. The zero-order chi connectivity index (χ0) is 15.6. The van der Waals surface area contributed by atoms with Crippen molar-refractivity contribution in [2.75, 3.05) is 0 Å². The lowest BCUT2D eigenvalue weighted by atomic mass is 10.1. The molecule has 1 aromatic carbocycles. The highest BCUT2D eigenvalue weighted by Crippen LogP contribution is 2.24. The number of hydrogen-bond donors (Lipinski definition) is 2. The Labute approximate surface area is 131 Å². The van der Waals surface area contributed by atoms with Crippen LogP contribution in [0.2, 0.25) is 5.02 Å². The van der Waals surface area contributed by atoms with Crippen LogP contribution in [0.1, 0.15) is 28.2 Å². The van der Waals surface area contributed by atoms with Gasteiger partial charge in [-0.15, -0.1) is 11.3 Å². The van der Waals surface area contributed by atoms with Crippen molar-refractivity contribution in [3.8, 4) is 0 Å². The number of carboxylic acids is 1. The molecule has 8 heteroatoms. The second-order valence-corrected chi connectivity index (χ2v) is 7.78. The highest BCUT2D eigenvalue weighted by molar-refractivity contribution is 7.91. The van der Waals surface area contributed by atoms with Crippen LogP contribution in [-0.2, 0) is 10.0 Å². The van der Waals surface area contributed by atoms with Gasteiger partial charge in [-0.2, -0.15) is 0 Å². The Hall–Kier alpha value is -1.41. The Balaban J connectivity index is 2.22. The van der Waals surface area contributed by atoms with Crippen LogP contribution in [0.15, 0.2) is 40.6 Å². The summed E-state index contributed by atoms with van der Waals surface area (Å²) >= 11 is 6.59. The largest absolute Gasteiger partial charge is 0.477 e. The topological polar surface area (TPSA) is 83.5 Å². The molecule has 0 spiro atoms. The van der Waals surface area contributed by atoms with Gasteiger partial charge in [-0.05, 0) is 36.8 Å². The molecule has 5 nitrogen and oxygen atoms in total. The lowest BCUT2D eigenvalue weighted by Gasteiger charge is -2.14. The summed E-state index contributed by atoms with van der Waals surface area (Å²) in [5.41, 5.74) is 0.723. The molecule has 2 N–H and O–H groups in total. The highest BCUT2D eigenvalue weighted by Gasteiger charge is 2.21. The molecule has 0 amide bonds. The van der Waals surface area contributed by atoms with Crippen molar-refractivity contribution in [3.63, 3.8) is 0 Å². The minimum atomic E-state index is -3.77. The fourth-order valence-electron chi connectivity index (χ4n) is 1.71. The van der Waals surface area contributed by atoms with Gasteiger partial charge in [0.15, 0.2) is 0 Å². The third-order valence-electron chi connectivity index (χ3n) is 2.74. The molecule has 0 aliphatic rings. The average Bonchev–Trinajstić information content (AvgIpc) is 2.88. The van der Waals surface area contributed by atoms with Crippen LogP contribution in [0.25, 0.3) is 0 Å². The van der Waals surface area contributed by atoms with Crippen LogP contribution in [0.3, 0.4) is 0 Å². The Kier molecular flexibility index (Phi) is 4.67. The first kappa shape index (κ1) is 16.0. The SMILES string of the molecule is C[C@@H](NS(=O)(=O)c1ccc(C(=O)O)s1)c1cccc(Cl)c1. The fraction of sp³-hybridized carbons (Fsp3) is 0.154. The van der Waals surface area contributed by atoms with Gasteiger partial charge in [-0.25, -0.2) is 17.9 Å². The normalized spacial score (nSPS) is 13.0. The number of halogens is 1. The van der Waals surface area contributed by atoms with Gasteiger partial charge in [0.05, 0.1) is 0 Å². The van der Waals surface area contributed by atoms with E-state index in [1.54, 1.807) is 31.2 Å². The number of carboxylic acid groups (broad SMARTS) is 1. The summed E-state index contributed by atoms with van der Waals surface area (Å²) in [6.45, 7) is 1.69. The molecule has 0 saturated heterocycles. The van der Waals surface area contributed by atoms with E-state index in [9.17, 15) is 13.2 Å². The molecule has 1 aromatic heterocycles.